The van der Waals surface area contributed by atoms with E-state index in [4.69, 9.17) is 9.47 Å². The zero-order chi connectivity index (χ0) is 19.6. The van der Waals surface area contributed by atoms with Gasteiger partial charge < -0.3 is 24.2 Å². The van der Waals surface area contributed by atoms with Crippen molar-refractivity contribution >= 4 is 5.91 Å². The van der Waals surface area contributed by atoms with Gasteiger partial charge in [0.25, 0.3) is 5.91 Å². The highest BCUT2D eigenvalue weighted by Crippen LogP contribution is 2.36. The predicted molar refractivity (Wildman–Crippen MR) is 109 cm³/mol. The molecule has 1 amide bonds. The third-order valence-electron chi connectivity index (χ3n) is 7.60. The molecule has 2 saturated heterocycles. The number of fused-ring (bicyclic) bond motifs is 2. The first-order valence-corrected chi connectivity index (χ1v) is 11.6. The molecule has 6 nitrogen and oxygen atoms in total. The van der Waals surface area contributed by atoms with Gasteiger partial charge in [0.15, 0.2) is 18.0 Å². The smallest absolute Gasteiger partial charge is 0.277 e. The van der Waals surface area contributed by atoms with Crippen molar-refractivity contribution in [1.29, 1.82) is 0 Å². The topological polar surface area (TPSA) is 47.7 Å². The molecule has 1 aliphatic carbocycles. The summed E-state index contributed by atoms with van der Waals surface area (Å²) < 4.78 is 10.9. The average Bonchev–Trinajstić information content (AvgIpc) is 3.23. The second kappa shape index (κ2) is 8.52. The van der Waals surface area contributed by atoms with E-state index in [9.17, 15) is 4.79 Å². The molecule has 5 rings (SSSR count). The molecule has 3 heterocycles. The van der Waals surface area contributed by atoms with Gasteiger partial charge in [-0.1, -0.05) is 19.3 Å². The Kier molecular flexibility index (Phi) is 5.64. The van der Waals surface area contributed by atoms with E-state index < -0.39 is 0 Å². The summed E-state index contributed by atoms with van der Waals surface area (Å²) in [6, 6.07) is 6.29. The molecule has 0 radical (unpaired) electrons. The van der Waals surface area contributed by atoms with E-state index in [0.717, 1.165) is 69.1 Å². The summed E-state index contributed by atoms with van der Waals surface area (Å²) in [7, 11) is 0. The molecule has 29 heavy (non-hydrogen) atoms. The van der Waals surface area contributed by atoms with E-state index in [1.807, 2.05) is 6.07 Å². The van der Waals surface area contributed by atoms with Crippen molar-refractivity contribution in [2.75, 3.05) is 52.6 Å². The number of hydrogen-bond donors (Lipinski definition) is 2. The number of piperazine rings is 1. The Labute approximate surface area is 173 Å². The number of piperidine rings is 1. The maximum Gasteiger partial charge on any atom is 0.277 e. The summed E-state index contributed by atoms with van der Waals surface area (Å²) in [5.74, 6) is 3.79. The number of hydrogen-bond acceptors (Lipinski definition) is 3. The van der Waals surface area contributed by atoms with E-state index in [1.165, 1.54) is 42.6 Å². The van der Waals surface area contributed by atoms with Crippen LogP contribution in [0.2, 0.25) is 0 Å². The van der Waals surface area contributed by atoms with Crippen LogP contribution >= 0.6 is 0 Å². The first kappa shape index (κ1) is 19.2. The summed E-state index contributed by atoms with van der Waals surface area (Å²) in [4.78, 5) is 18.1. The van der Waals surface area contributed by atoms with Gasteiger partial charge in [-0.2, -0.15) is 0 Å². The van der Waals surface area contributed by atoms with Crippen LogP contribution < -0.4 is 19.3 Å². The zero-order valence-electron chi connectivity index (χ0n) is 17.5. The highest BCUT2D eigenvalue weighted by atomic mass is 16.7. The molecule has 1 saturated carbocycles. The van der Waals surface area contributed by atoms with Crippen molar-refractivity contribution in [2.45, 2.75) is 38.6 Å². The monoisotopic (exact) mass is 401 g/mol. The molecule has 0 bridgehead atoms. The first-order chi connectivity index (χ1) is 14.2. The fourth-order valence-corrected chi connectivity index (χ4v) is 5.80. The second-order valence-corrected chi connectivity index (χ2v) is 9.47. The number of carbonyl (C=O) groups excluding carboxylic acids is 1. The number of ether oxygens (including phenoxy) is 2. The lowest BCUT2D eigenvalue weighted by Gasteiger charge is -2.41. The minimum atomic E-state index is 0.333. The Morgan fingerprint density at radius 1 is 0.966 bits per heavy atom. The molecule has 1 aromatic rings. The van der Waals surface area contributed by atoms with Gasteiger partial charge in [0.2, 0.25) is 6.79 Å². The Balaban J connectivity index is 1.07. The highest BCUT2D eigenvalue weighted by Gasteiger charge is 2.34. The van der Waals surface area contributed by atoms with Gasteiger partial charge in [-0.3, -0.25) is 4.79 Å². The number of rotatable bonds is 4. The van der Waals surface area contributed by atoms with E-state index in [2.05, 4.69) is 17.0 Å². The molecule has 2 atom stereocenters. The molecular weight excluding hydrogens is 366 g/mol. The van der Waals surface area contributed by atoms with E-state index >= 15 is 0 Å². The van der Waals surface area contributed by atoms with Gasteiger partial charge in [-0.05, 0) is 42.9 Å². The van der Waals surface area contributed by atoms with Crippen molar-refractivity contribution in [3.63, 3.8) is 0 Å². The summed E-state index contributed by atoms with van der Waals surface area (Å²) in [6.45, 7) is 8.50. The van der Waals surface area contributed by atoms with Crippen LogP contribution in [-0.2, 0) is 11.3 Å². The fourth-order valence-electron chi connectivity index (χ4n) is 5.80. The number of benzene rings is 1. The number of quaternary nitrogens is 2. The number of amides is 1. The number of likely N-dealkylation sites (tertiary alicyclic amines) is 1. The van der Waals surface area contributed by atoms with Crippen molar-refractivity contribution in [3.05, 3.63) is 23.8 Å². The lowest BCUT2D eigenvalue weighted by atomic mass is 9.75. The number of nitrogens with one attached hydrogen (secondary N) is 2. The van der Waals surface area contributed by atoms with Gasteiger partial charge in [0.05, 0.1) is 0 Å². The van der Waals surface area contributed by atoms with Crippen molar-refractivity contribution in [1.82, 2.24) is 4.90 Å². The van der Waals surface area contributed by atoms with Crippen molar-refractivity contribution in [2.24, 2.45) is 11.8 Å². The van der Waals surface area contributed by atoms with Gasteiger partial charge in [-0.15, -0.1) is 0 Å². The summed E-state index contributed by atoms with van der Waals surface area (Å²) in [5, 5.41) is 0. The number of nitrogens with zero attached hydrogens (tertiary/aromatic N) is 1. The van der Waals surface area contributed by atoms with E-state index in [1.54, 1.807) is 4.90 Å². The maximum atomic E-state index is 12.9. The molecule has 0 spiro atoms. The predicted octanol–water partition coefficient (Wildman–Crippen LogP) is -0.263. The van der Waals surface area contributed by atoms with Crippen LogP contribution in [0.1, 0.15) is 37.7 Å². The molecule has 4 aliphatic rings. The van der Waals surface area contributed by atoms with Gasteiger partial charge in [-0.25, -0.2) is 0 Å². The van der Waals surface area contributed by atoms with Crippen LogP contribution in [0.25, 0.3) is 0 Å². The highest BCUT2D eigenvalue weighted by molar-refractivity contribution is 5.77. The van der Waals surface area contributed by atoms with Crippen LogP contribution in [-0.4, -0.2) is 63.4 Å². The SMILES string of the molecule is O=C(C[NH+]1CC[NH+](Cc2ccc3c(c2)OCO3)CC1)N1CC[C@H]2CCCC[C@@H]2C1. The molecule has 2 N–H and O–H groups in total. The lowest BCUT2D eigenvalue weighted by Crippen LogP contribution is -3.28. The van der Waals surface area contributed by atoms with Crippen LogP contribution in [0.15, 0.2) is 18.2 Å². The van der Waals surface area contributed by atoms with Crippen molar-refractivity contribution in [3.8, 4) is 11.5 Å². The number of carbonyl (C=O) groups is 1. The molecular formula is C23H35N3O3+2. The Bertz CT molecular complexity index is 732. The molecule has 0 aromatic heterocycles. The van der Waals surface area contributed by atoms with Gasteiger partial charge >= 0.3 is 0 Å². The molecule has 0 unspecified atom stereocenters. The normalized spacial score (nSPS) is 31.4. The molecule has 3 fully saturated rings. The van der Waals surface area contributed by atoms with Crippen LogP contribution in [0.5, 0.6) is 11.5 Å². The van der Waals surface area contributed by atoms with Crippen LogP contribution in [0, 0.1) is 11.8 Å². The molecule has 6 heteroatoms. The second-order valence-electron chi connectivity index (χ2n) is 9.47. The first-order valence-electron chi connectivity index (χ1n) is 11.6. The van der Waals surface area contributed by atoms with Crippen LogP contribution in [0.3, 0.4) is 0 Å². The van der Waals surface area contributed by atoms with E-state index in [0.29, 0.717) is 19.2 Å². The molecule has 158 valence electrons. The third-order valence-corrected chi connectivity index (χ3v) is 7.60. The summed E-state index contributed by atoms with van der Waals surface area (Å²) in [6.07, 6.45) is 6.73. The van der Waals surface area contributed by atoms with E-state index in [-0.39, 0.29) is 0 Å². The summed E-state index contributed by atoms with van der Waals surface area (Å²) >= 11 is 0. The quantitative estimate of drug-likeness (QED) is 0.731. The minimum Gasteiger partial charge on any atom is -0.454 e. The van der Waals surface area contributed by atoms with Gasteiger partial charge in [0, 0.05) is 18.7 Å². The lowest BCUT2D eigenvalue weighted by molar-refractivity contribution is -1.02. The summed E-state index contributed by atoms with van der Waals surface area (Å²) in [5.41, 5.74) is 1.30. The van der Waals surface area contributed by atoms with Crippen molar-refractivity contribution < 1.29 is 24.1 Å². The Morgan fingerprint density at radius 2 is 1.72 bits per heavy atom. The minimum absolute atomic E-state index is 0.333. The largest absolute Gasteiger partial charge is 0.454 e. The average molecular weight is 402 g/mol. The molecule has 1 aromatic carbocycles. The third kappa shape index (κ3) is 4.38. The zero-order valence-corrected chi connectivity index (χ0v) is 17.5. The van der Waals surface area contributed by atoms with Crippen LogP contribution in [0.4, 0.5) is 0 Å². The standard InChI is InChI=1S/C23H33N3O3/c27-23(26-8-7-19-3-1-2-4-20(19)15-26)16-25-11-9-24(10-12-25)14-18-5-6-21-22(13-18)29-17-28-21/h5-6,13,19-20H,1-4,7-12,14-17H2/p+2/t19-,20-/m1/s1. The maximum absolute atomic E-state index is 12.9. The fraction of sp³-hybridized carbons (Fsp3) is 0.696. The van der Waals surface area contributed by atoms with Gasteiger partial charge in [0.1, 0.15) is 32.7 Å². The molecule has 3 aliphatic heterocycles. The Hall–Kier alpha value is -1.79. The Morgan fingerprint density at radius 3 is 2.59 bits per heavy atom.